The van der Waals surface area contributed by atoms with Crippen LogP contribution in [0.25, 0.3) is 11.3 Å². The number of hydrogen-bond donors (Lipinski definition) is 2. The minimum Gasteiger partial charge on any atom is -0.424 e. The summed E-state index contributed by atoms with van der Waals surface area (Å²) in [5.74, 6) is -1.86. The Morgan fingerprint density at radius 3 is 2.50 bits per heavy atom. The number of nitrogens with zero attached hydrogens (tertiary/aromatic N) is 3. The molecule has 2 unspecified atom stereocenters. The third-order valence-electron chi connectivity index (χ3n) is 7.32. The van der Waals surface area contributed by atoms with Crippen molar-refractivity contribution in [1.29, 1.82) is 0 Å². The van der Waals surface area contributed by atoms with Crippen LogP contribution in [-0.4, -0.2) is 47.5 Å². The minimum absolute atomic E-state index is 0.0364. The fourth-order valence-corrected chi connectivity index (χ4v) is 5.43. The maximum atomic E-state index is 14.2. The standard InChI is InChI=1S/C27H29F4N5O4/c28-21-14-17(7-12-24(21)40-27(29,30)31)25-15-32-26(39-25)34-23-6-2-1-5-22(23)33-18-4-3-13-35(16-18)19-8-10-20(11-9-19)36(37)38/h7-12,14-15,18,22-23,33H,1-6,13,16H2,(H,32,34)/t18-,22?,23?/m0/s1. The highest BCUT2D eigenvalue weighted by Gasteiger charge is 2.33. The van der Waals surface area contributed by atoms with Crippen LogP contribution in [0.5, 0.6) is 5.75 Å². The van der Waals surface area contributed by atoms with Crippen molar-refractivity contribution in [3.63, 3.8) is 0 Å². The molecule has 2 N–H and O–H groups in total. The number of nitro groups is 1. The molecule has 1 aromatic heterocycles. The first-order chi connectivity index (χ1) is 19.1. The number of alkyl halides is 3. The molecule has 0 spiro atoms. The van der Waals surface area contributed by atoms with Gasteiger partial charge in [-0.3, -0.25) is 10.1 Å². The number of anilines is 2. The molecule has 3 atom stereocenters. The maximum Gasteiger partial charge on any atom is 0.573 e. The summed E-state index contributed by atoms with van der Waals surface area (Å²) in [6.07, 6.45) is 2.39. The van der Waals surface area contributed by atoms with Gasteiger partial charge in [0, 0.05) is 54.6 Å². The largest absolute Gasteiger partial charge is 0.573 e. The first kappa shape index (κ1) is 27.7. The highest BCUT2D eigenvalue weighted by atomic mass is 19.4. The van der Waals surface area contributed by atoms with E-state index in [2.05, 4.69) is 25.3 Å². The van der Waals surface area contributed by atoms with Crippen LogP contribution in [-0.2, 0) is 0 Å². The number of ether oxygens (including phenoxy) is 1. The van der Waals surface area contributed by atoms with Crippen molar-refractivity contribution in [3.8, 4) is 17.1 Å². The van der Waals surface area contributed by atoms with Crippen molar-refractivity contribution < 1.29 is 31.6 Å². The number of oxazole rings is 1. The van der Waals surface area contributed by atoms with Gasteiger partial charge in [0.05, 0.1) is 11.1 Å². The SMILES string of the molecule is O=[N+]([O-])c1ccc(N2CCC[C@H](NC3CCCCC3Nc3ncc(-c4ccc(OC(F)(F)F)c(F)c4)o3)C2)cc1. The lowest BCUT2D eigenvalue weighted by Crippen LogP contribution is -2.54. The van der Waals surface area contributed by atoms with Gasteiger partial charge in [-0.1, -0.05) is 12.8 Å². The highest BCUT2D eigenvalue weighted by Crippen LogP contribution is 2.32. The first-order valence-corrected chi connectivity index (χ1v) is 13.2. The molecule has 0 radical (unpaired) electrons. The number of hydrogen-bond acceptors (Lipinski definition) is 8. The fraction of sp³-hybridized carbons (Fsp3) is 0.444. The fourth-order valence-electron chi connectivity index (χ4n) is 5.43. The van der Waals surface area contributed by atoms with Crippen LogP contribution >= 0.6 is 0 Å². The first-order valence-electron chi connectivity index (χ1n) is 13.2. The Bertz CT molecular complexity index is 1320. The van der Waals surface area contributed by atoms with Gasteiger partial charge in [0.25, 0.3) is 11.7 Å². The van der Waals surface area contributed by atoms with Crippen LogP contribution in [0.15, 0.2) is 53.1 Å². The van der Waals surface area contributed by atoms with E-state index in [1.54, 1.807) is 12.1 Å². The molecule has 5 rings (SSSR count). The number of nitro benzene ring substituents is 1. The van der Waals surface area contributed by atoms with Gasteiger partial charge in [0.1, 0.15) is 0 Å². The number of piperidine rings is 1. The molecule has 2 aliphatic rings. The monoisotopic (exact) mass is 563 g/mol. The lowest BCUT2D eigenvalue weighted by atomic mass is 9.89. The Hall–Kier alpha value is -3.87. The highest BCUT2D eigenvalue weighted by molar-refractivity contribution is 5.59. The Labute approximate surface area is 227 Å². The minimum atomic E-state index is -4.99. The van der Waals surface area contributed by atoms with Crippen molar-refractivity contribution in [1.82, 2.24) is 10.3 Å². The van der Waals surface area contributed by atoms with Gasteiger partial charge in [0.15, 0.2) is 17.3 Å². The van der Waals surface area contributed by atoms with E-state index in [1.807, 2.05) is 0 Å². The topological polar surface area (TPSA) is 106 Å². The zero-order valence-corrected chi connectivity index (χ0v) is 21.5. The van der Waals surface area contributed by atoms with Gasteiger partial charge in [-0.05, 0) is 56.0 Å². The summed E-state index contributed by atoms with van der Waals surface area (Å²) in [6.45, 7) is 1.66. The molecule has 40 heavy (non-hydrogen) atoms. The van der Waals surface area contributed by atoms with E-state index in [0.29, 0.717) is 0 Å². The van der Waals surface area contributed by atoms with Crippen molar-refractivity contribution >= 4 is 17.4 Å². The molecule has 214 valence electrons. The molecule has 1 aliphatic heterocycles. The zero-order chi connectivity index (χ0) is 28.3. The lowest BCUT2D eigenvalue weighted by Gasteiger charge is -2.40. The van der Waals surface area contributed by atoms with Gasteiger partial charge in [-0.25, -0.2) is 9.37 Å². The van der Waals surface area contributed by atoms with E-state index in [0.717, 1.165) is 69.4 Å². The summed E-state index contributed by atoms with van der Waals surface area (Å²) in [7, 11) is 0. The second-order valence-electron chi connectivity index (χ2n) is 10.1. The van der Waals surface area contributed by atoms with Crippen molar-refractivity contribution in [2.24, 2.45) is 0 Å². The molecule has 13 heteroatoms. The molecule has 2 aromatic carbocycles. The van der Waals surface area contributed by atoms with Gasteiger partial charge in [-0.15, -0.1) is 13.2 Å². The summed E-state index contributed by atoms with van der Waals surface area (Å²) in [6, 6.07) is 10.4. The Morgan fingerprint density at radius 2 is 1.80 bits per heavy atom. The molecule has 1 saturated heterocycles. The normalized spacial score (nSPS) is 21.7. The Morgan fingerprint density at radius 1 is 1.05 bits per heavy atom. The number of rotatable bonds is 8. The average molecular weight is 564 g/mol. The van der Waals surface area contributed by atoms with Crippen molar-refractivity contribution in [2.75, 3.05) is 23.3 Å². The maximum absolute atomic E-state index is 14.2. The molecular weight excluding hydrogens is 534 g/mol. The van der Waals surface area contributed by atoms with Gasteiger partial charge in [0.2, 0.25) is 0 Å². The average Bonchev–Trinajstić information content (AvgIpc) is 3.39. The summed E-state index contributed by atoms with van der Waals surface area (Å²) in [5.41, 5.74) is 1.26. The van der Waals surface area contributed by atoms with Crippen LogP contribution in [0.1, 0.15) is 38.5 Å². The smallest absolute Gasteiger partial charge is 0.424 e. The van der Waals surface area contributed by atoms with Crippen LogP contribution in [0.3, 0.4) is 0 Å². The quantitative estimate of drug-likeness (QED) is 0.188. The van der Waals surface area contributed by atoms with Crippen LogP contribution < -0.4 is 20.3 Å². The van der Waals surface area contributed by atoms with Crippen LogP contribution in [0, 0.1) is 15.9 Å². The predicted molar refractivity (Wildman–Crippen MR) is 140 cm³/mol. The molecule has 1 saturated carbocycles. The number of aromatic nitrogens is 1. The van der Waals surface area contributed by atoms with E-state index in [9.17, 15) is 27.7 Å². The number of benzene rings is 2. The molecule has 0 bridgehead atoms. The zero-order valence-electron chi connectivity index (χ0n) is 21.5. The lowest BCUT2D eigenvalue weighted by molar-refractivity contribution is -0.384. The third-order valence-corrected chi connectivity index (χ3v) is 7.32. The number of halogens is 4. The van der Waals surface area contributed by atoms with E-state index >= 15 is 0 Å². The molecule has 2 fully saturated rings. The second-order valence-corrected chi connectivity index (χ2v) is 10.1. The third kappa shape index (κ3) is 6.82. The van der Waals surface area contributed by atoms with Crippen LogP contribution in [0.2, 0.25) is 0 Å². The van der Waals surface area contributed by atoms with Crippen LogP contribution in [0.4, 0.5) is 35.0 Å². The summed E-state index contributed by atoms with van der Waals surface area (Å²) >= 11 is 0. The Balaban J connectivity index is 1.21. The van der Waals surface area contributed by atoms with Crippen molar-refractivity contribution in [2.45, 2.75) is 63.0 Å². The summed E-state index contributed by atoms with van der Waals surface area (Å²) in [4.78, 5) is 17.1. The second kappa shape index (κ2) is 11.7. The molecule has 0 amide bonds. The summed E-state index contributed by atoms with van der Waals surface area (Å²) in [5, 5.41) is 18.1. The van der Waals surface area contributed by atoms with E-state index < -0.39 is 22.9 Å². The summed E-state index contributed by atoms with van der Waals surface area (Å²) < 4.78 is 60.9. The molecular formula is C27H29F4N5O4. The number of nitrogens with one attached hydrogen (secondary N) is 2. The van der Waals surface area contributed by atoms with Gasteiger partial charge >= 0.3 is 6.36 Å². The molecule has 2 heterocycles. The van der Waals surface area contributed by atoms with Gasteiger partial charge in [-0.2, -0.15) is 0 Å². The van der Waals surface area contributed by atoms with Crippen molar-refractivity contribution in [3.05, 3.63) is 64.6 Å². The Kier molecular flexibility index (Phi) is 8.10. The van der Waals surface area contributed by atoms with E-state index in [-0.39, 0.29) is 41.2 Å². The van der Waals surface area contributed by atoms with Gasteiger partial charge < -0.3 is 24.7 Å². The molecule has 1 aliphatic carbocycles. The van der Waals surface area contributed by atoms with E-state index in [4.69, 9.17) is 4.42 Å². The number of non-ortho nitro benzene ring substituents is 1. The molecule has 3 aromatic rings. The molecule has 9 nitrogen and oxygen atoms in total. The predicted octanol–water partition coefficient (Wildman–Crippen LogP) is 6.27. The van der Waals surface area contributed by atoms with E-state index in [1.165, 1.54) is 24.4 Å².